The van der Waals surface area contributed by atoms with E-state index in [1.165, 1.54) is 31.3 Å². The molecule has 0 aliphatic heterocycles. The first kappa shape index (κ1) is 7.85. The van der Waals surface area contributed by atoms with Gasteiger partial charge in [-0.15, -0.1) is 0 Å². The van der Waals surface area contributed by atoms with Crippen LogP contribution in [-0.2, 0) is 0 Å². The summed E-state index contributed by atoms with van der Waals surface area (Å²) in [6, 6.07) is 0. The van der Waals surface area contributed by atoms with Gasteiger partial charge in [0.25, 0.3) is 0 Å². The van der Waals surface area contributed by atoms with Gasteiger partial charge in [-0.1, -0.05) is 23.3 Å². The Labute approximate surface area is 74.7 Å². The summed E-state index contributed by atoms with van der Waals surface area (Å²) in [4.78, 5) is 0. The quantitative estimate of drug-likeness (QED) is 0.473. The average Bonchev–Trinajstić information content (AvgIpc) is 2.47. The van der Waals surface area contributed by atoms with Gasteiger partial charge in [0.1, 0.15) is 0 Å². The maximum atomic E-state index is 2.31. The fraction of sp³-hybridized carbons (Fsp3) is 0.500. The topological polar surface area (TPSA) is 0 Å². The third-order valence-corrected chi connectivity index (χ3v) is 2.92. The summed E-state index contributed by atoms with van der Waals surface area (Å²) >= 11 is 0. The van der Waals surface area contributed by atoms with Crippen LogP contribution < -0.4 is 0 Å². The molecule has 0 nitrogen and oxygen atoms in total. The summed E-state index contributed by atoms with van der Waals surface area (Å²) in [5.41, 5.74) is 6.54. The summed E-state index contributed by atoms with van der Waals surface area (Å²) in [6.45, 7) is 4.48. The van der Waals surface area contributed by atoms with Crippen LogP contribution in [0.5, 0.6) is 0 Å². The molecule has 0 heteroatoms. The molecule has 0 saturated carbocycles. The van der Waals surface area contributed by atoms with Crippen LogP contribution in [-0.4, -0.2) is 0 Å². The molecule has 0 bridgehead atoms. The highest BCUT2D eigenvalue weighted by Crippen LogP contribution is 2.39. The van der Waals surface area contributed by atoms with Gasteiger partial charge in [-0.2, -0.15) is 0 Å². The van der Waals surface area contributed by atoms with Crippen LogP contribution >= 0.6 is 0 Å². The number of rotatable bonds is 0. The predicted octanol–water partition coefficient (Wildman–Crippen LogP) is 3.76. The Morgan fingerprint density at radius 1 is 1.08 bits per heavy atom. The van der Waals surface area contributed by atoms with Crippen molar-refractivity contribution in [2.45, 2.75) is 39.5 Å². The summed E-state index contributed by atoms with van der Waals surface area (Å²) < 4.78 is 0. The Hall–Kier alpha value is -0.780. The molecular formula is C12H16. The minimum Gasteiger partial charge on any atom is -0.0841 e. The lowest BCUT2D eigenvalue weighted by Gasteiger charge is -2.10. The zero-order chi connectivity index (χ0) is 8.55. The Morgan fingerprint density at radius 2 is 1.83 bits per heavy atom. The van der Waals surface area contributed by atoms with Crippen LogP contribution in [0.2, 0.25) is 0 Å². The highest BCUT2D eigenvalue weighted by Gasteiger charge is 2.20. The molecule has 2 rings (SSSR count). The molecule has 0 unspecified atom stereocenters. The maximum absolute atomic E-state index is 2.31. The van der Waals surface area contributed by atoms with Crippen molar-refractivity contribution >= 4 is 0 Å². The zero-order valence-electron chi connectivity index (χ0n) is 7.98. The van der Waals surface area contributed by atoms with Crippen molar-refractivity contribution in [1.29, 1.82) is 0 Å². The Morgan fingerprint density at radius 3 is 2.58 bits per heavy atom. The Bertz CT molecular complexity index is 283. The smallest absolute Gasteiger partial charge is 0.00950 e. The highest BCUT2D eigenvalue weighted by atomic mass is 14.2. The second kappa shape index (κ2) is 2.93. The molecule has 12 heavy (non-hydrogen) atoms. The van der Waals surface area contributed by atoms with Gasteiger partial charge in [0.15, 0.2) is 0 Å². The van der Waals surface area contributed by atoms with Gasteiger partial charge < -0.3 is 0 Å². The van der Waals surface area contributed by atoms with Gasteiger partial charge in [-0.05, 0) is 50.7 Å². The van der Waals surface area contributed by atoms with Crippen LogP contribution in [0.1, 0.15) is 39.5 Å². The standard InChI is InChI=1S/C12H16/c1-9(2)11-8-7-10-5-3-4-6-12(10)11/h3-4H,5-8H2,1-2H3. The van der Waals surface area contributed by atoms with E-state index >= 15 is 0 Å². The lowest BCUT2D eigenvalue weighted by molar-refractivity contribution is 0.962. The summed E-state index contributed by atoms with van der Waals surface area (Å²) in [5.74, 6) is 0. The predicted molar refractivity (Wildman–Crippen MR) is 53.0 cm³/mol. The van der Waals surface area contributed by atoms with Crippen molar-refractivity contribution in [3.05, 3.63) is 34.4 Å². The molecule has 0 aromatic heterocycles. The molecular weight excluding hydrogens is 144 g/mol. The second-order valence-corrected chi connectivity index (χ2v) is 3.94. The first-order valence-electron chi connectivity index (χ1n) is 4.81. The van der Waals surface area contributed by atoms with E-state index in [0.29, 0.717) is 0 Å². The van der Waals surface area contributed by atoms with Gasteiger partial charge in [0.05, 0.1) is 0 Å². The van der Waals surface area contributed by atoms with E-state index in [4.69, 9.17) is 0 Å². The molecule has 64 valence electrons. The minimum absolute atomic E-state index is 1.19. The monoisotopic (exact) mass is 160 g/mol. The largest absolute Gasteiger partial charge is 0.0841 e. The van der Waals surface area contributed by atoms with Gasteiger partial charge >= 0.3 is 0 Å². The van der Waals surface area contributed by atoms with E-state index in [2.05, 4.69) is 26.0 Å². The zero-order valence-corrected chi connectivity index (χ0v) is 7.98. The first-order valence-corrected chi connectivity index (χ1v) is 4.81. The van der Waals surface area contributed by atoms with Crippen LogP contribution in [0.4, 0.5) is 0 Å². The van der Waals surface area contributed by atoms with E-state index in [0.717, 1.165) is 0 Å². The van der Waals surface area contributed by atoms with Gasteiger partial charge in [0.2, 0.25) is 0 Å². The van der Waals surface area contributed by atoms with Crippen molar-refractivity contribution in [1.82, 2.24) is 0 Å². The molecule has 0 radical (unpaired) electrons. The normalized spacial score (nSPS) is 21.7. The van der Waals surface area contributed by atoms with Crippen molar-refractivity contribution < 1.29 is 0 Å². The van der Waals surface area contributed by atoms with E-state index in [1.807, 2.05) is 0 Å². The van der Waals surface area contributed by atoms with Crippen LogP contribution in [0, 0.1) is 0 Å². The molecule has 0 aromatic carbocycles. The summed E-state index contributed by atoms with van der Waals surface area (Å²) in [6.07, 6.45) is 9.65. The molecule has 0 heterocycles. The van der Waals surface area contributed by atoms with Crippen molar-refractivity contribution in [2.75, 3.05) is 0 Å². The van der Waals surface area contributed by atoms with Crippen molar-refractivity contribution in [3.8, 4) is 0 Å². The van der Waals surface area contributed by atoms with E-state index in [-0.39, 0.29) is 0 Å². The van der Waals surface area contributed by atoms with Crippen LogP contribution in [0.15, 0.2) is 34.4 Å². The lowest BCUT2D eigenvalue weighted by Crippen LogP contribution is -1.90. The van der Waals surface area contributed by atoms with Gasteiger partial charge in [0, 0.05) is 0 Å². The molecule has 0 aromatic rings. The number of allylic oxidation sites excluding steroid dienone is 6. The highest BCUT2D eigenvalue weighted by molar-refractivity contribution is 5.46. The summed E-state index contributed by atoms with van der Waals surface area (Å²) in [7, 11) is 0. The second-order valence-electron chi connectivity index (χ2n) is 3.94. The third kappa shape index (κ3) is 1.16. The van der Waals surface area contributed by atoms with Crippen LogP contribution in [0.25, 0.3) is 0 Å². The molecule has 2 aliphatic carbocycles. The molecule has 0 spiro atoms. The first-order chi connectivity index (χ1) is 5.79. The lowest BCUT2D eigenvalue weighted by atomic mass is 9.95. The Kier molecular flexibility index (Phi) is 1.92. The molecule has 0 N–H and O–H groups in total. The molecule has 2 aliphatic rings. The van der Waals surface area contributed by atoms with Crippen molar-refractivity contribution in [2.24, 2.45) is 0 Å². The molecule has 0 fully saturated rings. The Balaban J connectivity index is 2.35. The van der Waals surface area contributed by atoms with E-state index < -0.39 is 0 Å². The average molecular weight is 160 g/mol. The molecule has 0 saturated heterocycles. The fourth-order valence-electron chi connectivity index (χ4n) is 2.26. The summed E-state index contributed by atoms with van der Waals surface area (Å²) in [5, 5.41) is 0. The van der Waals surface area contributed by atoms with Crippen molar-refractivity contribution in [3.63, 3.8) is 0 Å². The SMILES string of the molecule is CC(C)=C1CCC2=C1CC=CC2. The number of hydrogen-bond donors (Lipinski definition) is 0. The van der Waals surface area contributed by atoms with Crippen LogP contribution in [0.3, 0.4) is 0 Å². The van der Waals surface area contributed by atoms with E-state index in [9.17, 15) is 0 Å². The van der Waals surface area contributed by atoms with Gasteiger partial charge in [-0.25, -0.2) is 0 Å². The third-order valence-electron chi connectivity index (χ3n) is 2.92. The maximum Gasteiger partial charge on any atom is -0.00950 e. The fourth-order valence-corrected chi connectivity index (χ4v) is 2.26. The van der Waals surface area contributed by atoms with Gasteiger partial charge in [-0.3, -0.25) is 0 Å². The van der Waals surface area contributed by atoms with E-state index in [1.54, 1.807) is 16.7 Å². The minimum atomic E-state index is 1.19. The number of hydrogen-bond acceptors (Lipinski definition) is 0. The molecule has 0 atom stereocenters. The molecule has 0 amide bonds.